The first kappa shape index (κ1) is 13.4. The SMILES string of the molecule is Cc1ccccc1Cc1c(C)[nH]n(-c2ccccc2)c1=O. The summed E-state index contributed by atoms with van der Waals surface area (Å²) in [5, 5.41) is 3.17. The Morgan fingerprint density at radius 2 is 1.62 bits per heavy atom. The molecule has 3 heteroatoms. The van der Waals surface area contributed by atoms with Gasteiger partial charge in [-0.25, -0.2) is 4.68 Å². The lowest BCUT2D eigenvalue weighted by Gasteiger charge is -2.03. The Bertz CT molecular complexity index is 813. The number of rotatable bonds is 3. The minimum atomic E-state index is 0.0296. The Kier molecular flexibility index (Phi) is 3.48. The summed E-state index contributed by atoms with van der Waals surface area (Å²) in [6, 6.07) is 17.8. The van der Waals surface area contributed by atoms with Gasteiger partial charge in [-0.15, -0.1) is 0 Å². The van der Waals surface area contributed by atoms with E-state index in [0.29, 0.717) is 6.42 Å². The monoisotopic (exact) mass is 278 g/mol. The molecule has 1 N–H and O–H groups in total. The lowest BCUT2D eigenvalue weighted by Crippen LogP contribution is -2.17. The van der Waals surface area contributed by atoms with E-state index in [-0.39, 0.29) is 5.56 Å². The third kappa shape index (κ3) is 2.55. The van der Waals surface area contributed by atoms with Crippen molar-refractivity contribution >= 4 is 0 Å². The van der Waals surface area contributed by atoms with Crippen LogP contribution in [0.2, 0.25) is 0 Å². The van der Waals surface area contributed by atoms with Crippen LogP contribution < -0.4 is 5.56 Å². The van der Waals surface area contributed by atoms with Gasteiger partial charge in [-0.2, -0.15) is 0 Å². The van der Waals surface area contributed by atoms with Crippen LogP contribution in [0.3, 0.4) is 0 Å². The first-order valence-corrected chi connectivity index (χ1v) is 7.07. The Morgan fingerprint density at radius 1 is 0.952 bits per heavy atom. The van der Waals surface area contributed by atoms with E-state index < -0.39 is 0 Å². The zero-order valence-corrected chi connectivity index (χ0v) is 12.3. The van der Waals surface area contributed by atoms with Crippen LogP contribution >= 0.6 is 0 Å². The van der Waals surface area contributed by atoms with Crippen molar-refractivity contribution in [1.29, 1.82) is 0 Å². The summed E-state index contributed by atoms with van der Waals surface area (Å²) in [7, 11) is 0. The minimum Gasteiger partial charge on any atom is -0.295 e. The summed E-state index contributed by atoms with van der Waals surface area (Å²) in [5.41, 5.74) is 5.05. The maximum atomic E-state index is 12.6. The number of aromatic amines is 1. The van der Waals surface area contributed by atoms with Crippen molar-refractivity contribution in [1.82, 2.24) is 9.78 Å². The van der Waals surface area contributed by atoms with Crippen LogP contribution in [-0.2, 0) is 6.42 Å². The van der Waals surface area contributed by atoms with E-state index in [1.54, 1.807) is 4.68 Å². The van der Waals surface area contributed by atoms with Crippen molar-refractivity contribution in [2.24, 2.45) is 0 Å². The molecule has 1 aromatic heterocycles. The van der Waals surface area contributed by atoms with Gasteiger partial charge in [0.1, 0.15) is 0 Å². The van der Waals surface area contributed by atoms with E-state index in [0.717, 1.165) is 16.9 Å². The van der Waals surface area contributed by atoms with E-state index >= 15 is 0 Å². The summed E-state index contributed by atoms with van der Waals surface area (Å²) in [4.78, 5) is 12.6. The fraction of sp³-hybridized carbons (Fsp3) is 0.167. The van der Waals surface area contributed by atoms with Crippen LogP contribution in [0.4, 0.5) is 0 Å². The van der Waals surface area contributed by atoms with E-state index in [4.69, 9.17) is 0 Å². The molecule has 106 valence electrons. The molecule has 1 heterocycles. The molecule has 2 aromatic carbocycles. The number of aryl methyl sites for hydroxylation is 2. The summed E-state index contributed by atoms with van der Waals surface area (Å²) in [6.45, 7) is 4.03. The van der Waals surface area contributed by atoms with Gasteiger partial charge in [-0.05, 0) is 37.1 Å². The number of aromatic nitrogens is 2. The van der Waals surface area contributed by atoms with Gasteiger partial charge >= 0.3 is 0 Å². The van der Waals surface area contributed by atoms with Crippen LogP contribution in [0.15, 0.2) is 59.4 Å². The van der Waals surface area contributed by atoms with Gasteiger partial charge in [0.25, 0.3) is 5.56 Å². The second-order valence-electron chi connectivity index (χ2n) is 5.29. The van der Waals surface area contributed by atoms with Gasteiger partial charge in [0.2, 0.25) is 0 Å². The highest BCUT2D eigenvalue weighted by molar-refractivity contribution is 5.36. The summed E-state index contributed by atoms with van der Waals surface area (Å²) >= 11 is 0. The van der Waals surface area contributed by atoms with E-state index in [2.05, 4.69) is 24.2 Å². The van der Waals surface area contributed by atoms with Crippen LogP contribution in [0, 0.1) is 13.8 Å². The largest absolute Gasteiger partial charge is 0.295 e. The van der Waals surface area contributed by atoms with E-state index in [9.17, 15) is 4.79 Å². The second-order valence-corrected chi connectivity index (χ2v) is 5.29. The summed E-state index contributed by atoms with van der Waals surface area (Å²) in [6.07, 6.45) is 0.660. The molecule has 0 aliphatic rings. The molecular formula is C18H18N2O. The van der Waals surface area contributed by atoms with Crippen molar-refractivity contribution < 1.29 is 0 Å². The third-order valence-corrected chi connectivity index (χ3v) is 3.84. The number of hydrogen-bond donors (Lipinski definition) is 1. The molecule has 0 amide bonds. The average Bonchev–Trinajstić information content (AvgIpc) is 2.78. The molecule has 0 aliphatic heterocycles. The molecule has 0 aliphatic carbocycles. The molecule has 0 spiro atoms. The van der Waals surface area contributed by atoms with Gasteiger partial charge in [-0.3, -0.25) is 9.89 Å². The summed E-state index contributed by atoms with van der Waals surface area (Å²) < 4.78 is 1.61. The van der Waals surface area contributed by atoms with Gasteiger partial charge < -0.3 is 0 Å². The van der Waals surface area contributed by atoms with Gasteiger partial charge in [0.05, 0.1) is 5.69 Å². The van der Waals surface area contributed by atoms with Crippen molar-refractivity contribution in [3.8, 4) is 5.69 Å². The highest BCUT2D eigenvalue weighted by atomic mass is 16.1. The van der Waals surface area contributed by atoms with E-state index in [1.807, 2.05) is 49.4 Å². The molecule has 3 nitrogen and oxygen atoms in total. The molecule has 0 saturated carbocycles. The molecule has 0 bridgehead atoms. The zero-order chi connectivity index (χ0) is 14.8. The predicted octanol–water partition coefficient (Wildman–Crippen LogP) is 3.37. The highest BCUT2D eigenvalue weighted by Gasteiger charge is 2.13. The molecule has 21 heavy (non-hydrogen) atoms. The zero-order valence-electron chi connectivity index (χ0n) is 12.3. The van der Waals surface area contributed by atoms with Crippen molar-refractivity contribution in [3.05, 3.63) is 87.3 Å². The Morgan fingerprint density at radius 3 is 2.33 bits per heavy atom. The molecule has 0 atom stereocenters. The standard InChI is InChI=1S/C18H18N2O/c1-13-8-6-7-9-15(13)12-17-14(2)19-20(18(17)21)16-10-4-3-5-11-16/h3-11,19H,12H2,1-2H3. The number of para-hydroxylation sites is 1. The second kappa shape index (κ2) is 5.44. The molecular weight excluding hydrogens is 260 g/mol. The van der Waals surface area contributed by atoms with Crippen LogP contribution in [-0.4, -0.2) is 9.78 Å². The number of hydrogen-bond acceptors (Lipinski definition) is 1. The van der Waals surface area contributed by atoms with Crippen molar-refractivity contribution in [2.45, 2.75) is 20.3 Å². The van der Waals surface area contributed by atoms with Gasteiger partial charge in [0.15, 0.2) is 0 Å². The molecule has 0 radical (unpaired) electrons. The van der Waals surface area contributed by atoms with Gasteiger partial charge in [-0.1, -0.05) is 42.5 Å². The average molecular weight is 278 g/mol. The first-order chi connectivity index (χ1) is 10.2. The molecule has 3 aromatic rings. The number of nitrogens with zero attached hydrogens (tertiary/aromatic N) is 1. The Labute approximate surface area is 123 Å². The van der Waals surface area contributed by atoms with Crippen LogP contribution in [0.25, 0.3) is 5.69 Å². The molecule has 0 unspecified atom stereocenters. The maximum absolute atomic E-state index is 12.6. The fourth-order valence-corrected chi connectivity index (χ4v) is 2.55. The van der Waals surface area contributed by atoms with Crippen molar-refractivity contribution in [3.63, 3.8) is 0 Å². The molecule has 0 fully saturated rings. The molecule has 3 rings (SSSR count). The number of H-pyrrole nitrogens is 1. The normalized spacial score (nSPS) is 10.8. The predicted molar refractivity (Wildman–Crippen MR) is 85.1 cm³/mol. The van der Waals surface area contributed by atoms with Crippen LogP contribution in [0.1, 0.15) is 22.4 Å². The Balaban J connectivity index is 2.04. The van der Waals surface area contributed by atoms with E-state index in [1.165, 1.54) is 11.1 Å². The topological polar surface area (TPSA) is 37.8 Å². The smallest absolute Gasteiger partial charge is 0.274 e. The van der Waals surface area contributed by atoms with Crippen molar-refractivity contribution in [2.75, 3.05) is 0 Å². The Hall–Kier alpha value is -2.55. The number of nitrogens with one attached hydrogen (secondary N) is 1. The first-order valence-electron chi connectivity index (χ1n) is 7.07. The third-order valence-electron chi connectivity index (χ3n) is 3.84. The quantitative estimate of drug-likeness (QED) is 0.783. The van der Waals surface area contributed by atoms with Crippen LogP contribution in [0.5, 0.6) is 0 Å². The lowest BCUT2D eigenvalue weighted by molar-refractivity contribution is 0.834. The lowest BCUT2D eigenvalue weighted by atomic mass is 10.0. The maximum Gasteiger partial charge on any atom is 0.274 e. The van der Waals surface area contributed by atoms with Gasteiger partial charge in [0, 0.05) is 17.7 Å². The molecule has 0 saturated heterocycles. The highest BCUT2D eigenvalue weighted by Crippen LogP contribution is 2.14. The fourth-order valence-electron chi connectivity index (χ4n) is 2.55. The number of benzene rings is 2. The summed E-state index contributed by atoms with van der Waals surface area (Å²) in [5.74, 6) is 0. The minimum absolute atomic E-state index is 0.0296.